The third-order valence-electron chi connectivity index (χ3n) is 2.51. The van der Waals surface area contributed by atoms with Crippen molar-refractivity contribution < 1.29 is 13.5 Å². The van der Waals surface area contributed by atoms with Crippen molar-refractivity contribution in [2.24, 2.45) is 0 Å². The SMILES string of the molecule is CC.CCc1ccc(Oc2c(F)cc(F)cc2Cl)cc1. The Morgan fingerprint density at radius 1 is 1.05 bits per heavy atom. The van der Waals surface area contributed by atoms with E-state index in [1.807, 2.05) is 32.9 Å². The van der Waals surface area contributed by atoms with Crippen LogP contribution in [0.15, 0.2) is 36.4 Å². The minimum Gasteiger partial charge on any atom is -0.453 e. The smallest absolute Gasteiger partial charge is 0.181 e. The van der Waals surface area contributed by atoms with Gasteiger partial charge in [-0.2, -0.15) is 0 Å². The number of hydrogen-bond acceptors (Lipinski definition) is 1. The molecule has 0 spiro atoms. The highest BCUT2D eigenvalue weighted by atomic mass is 35.5. The Kier molecular flexibility index (Phi) is 6.46. The number of aryl methyl sites for hydroxylation is 1. The predicted octanol–water partition coefficient (Wildman–Crippen LogP) is 6.00. The fraction of sp³-hybridized carbons (Fsp3) is 0.250. The molecule has 0 saturated carbocycles. The van der Waals surface area contributed by atoms with Gasteiger partial charge in [0.05, 0.1) is 5.02 Å². The monoisotopic (exact) mass is 298 g/mol. The van der Waals surface area contributed by atoms with E-state index < -0.39 is 11.6 Å². The molecular formula is C16H17ClF2O. The van der Waals surface area contributed by atoms with Crippen molar-refractivity contribution in [1.29, 1.82) is 0 Å². The summed E-state index contributed by atoms with van der Waals surface area (Å²) < 4.78 is 31.7. The zero-order valence-electron chi connectivity index (χ0n) is 11.7. The molecule has 2 rings (SSSR count). The van der Waals surface area contributed by atoms with Crippen molar-refractivity contribution in [1.82, 2.24) is 0 Å². The summed E-state index contributed by atoms with van der Waals surface area (Å²) in [6, 6.07) is 8.95. The van der Waals surface area contributed by atoms with Crippen LogP contribution >= 0.6 is 11.6 Å². The third kappa shape index (κ3) is 4.20. The standard InChI is InChI=1S/C14H11ClF2O.C2H6/c1-2-9-3-5-11(6-4-9)18-14-12(15)7-10(16)8-13(14)17;1-2/h3-8H,2H2,1H3;1-2H3. The van der Waals surface area contributed by atoms with Crippen LogP contribution in [-0.4, -0.2) is 0 Å². The molecule has 0 unspecified atom stereocenters. The van der Waals surface area contributed by atoms with Gasteiger partial charge in [0, 0.05) is 6.07 Å². The van der Waals surface area contributed by atoms with Crippen LogP contribution in [0, 0.1) is 11.6 Å². The van der Waals surface area contributed by atoms with Gasteiger partial charge < -0.3 is 4.74 Å². The van der Waals surface area contributed by atoms with Gasteiger partial charge in [0.2, 0.25) is 0 Å². The van der Waals surface area contributed by atoms with Gasteiger partial charge in [-0.15, -0.1) is 0 Å². The summed E-state index contributed by atoms with van der Waals surface area (Å²) in [6.07, 6.45) is 0.909. The van der Waals surface area contributed by atoms with Crippen molar-refractivity contribution in [3.8, 4) is 11.5 Å². The van der Waals surface area contributed by atoms with Crippen LogP contribution in [0.3, 0.4) is 0 Å². The van der Waals surface area contributed by atoms with E-state index in [-0.39, 0.29) is 10.8 Å². The second-order valence-corrected chi connectivity index (χ2v) is 4.21. The first-order chi connectivity index (χ1) is 9.60. The number of halogens is 3. The Bertz CT molecular complexity index is 530. The highest BCUT2D eigenvalue weighted by Crippen LogP contribution is 2.32. The topological polar surface area (TPSA) is 9.23 Å². The third-order valence-corrected chi connectivity index (χ3v) is 2.80. The molecule has 0 amide bonds. The van der Waals surface area contributed by atoms with Gasteiger partial charge >= 0.3 is 0 Å². The van der Waals surface area contributed by atoms with E-state index in [4.69, 9.17) is 16.3 Å². The molecule has 0 atom stereocenters. The average molecular weight is 299 g/mol. The van der Waals surface area contributed by atoms with E-state index >= 15 is 0 Å². The lowest BCUT2D eigenvalue weighted by atomic mass is 10.2. The van der Waals surface area contributed by atoms with Crippen LogP contribution in [0.1, 0.15) is 26.3 Å². The molecular weight excluding hydrogens is 282 g/mol. The molecule has 0 aliphatic rings. The molecule has 0 N–H and O–H groups in total. The lowest BCUT2D eigenvalue weighted by Crippen LogP contribution is -1.91. The van der Waals surface area contributed by atoms with Crippen LogP contribution < -0.4 is 4.74 Å². The fourth-order valence-electron chi connectivity index (χ4n) is 1.54. The molecule has 0 fully saturated rings. The van der Waals surface area contributed by atoms with Crippen LogP contribution in [0.25, 0.3) is 0 Å². The Morgan fingerprint density at radius 2 is 1.65 bits per heavy atom. The summed E-state index contributed by atoms with van der Waals surface area (Å²) in [7, 11) is 0. The minimum atomic E-state index is -0.820. The molecule has 4 heteroatoms. The summed E-state index contributed by atoms with van der Waals surface area (Å²) in [5.74, 6) is -1.26. The van der Waals surface area contributed by atoms with Gasteiger partial charge in [-0.3, -0.25) is 0 Å². The van der Waals surface area contributed by atoms with E-state index in [9.17, 15) is 8.78 Å². The zero-order valence-corrected chi connectivity index (χ0v) is 12.5. The van der Waals surface area contributed by atoms with Gasteiger partial charge in [0.1, 0.15) is 11.6 Å². The summed E-state index contributed by atoms with van der Waals surface area (Å²) in [5, 5.41) is -0.0907. The van der Waals surface area contributed by atoms with Crippen molar-refractivity contribution in [2.75, 3.05) is 0 Å². The maximum absolute atomic E-state index is 13.5. The summed E-state index contributed by atoms with van der Waals surface area (Å²) in [6.45, 7) is 6.03. The van der Waals surface area contributed by atoms with E-state index in [0.29, 0.717) is 5.75 Å². The molecule has 0 aliphatic heterocycles. The average Bonchev–Trinajstić information content (AvgIpc) is 2.45. The van der Waals surface area contributed by atoms with Gasteiger partial charge in [0.15, 0.2) is 11.6 Å². The second kappa shape index (κ2) is 7.85. The lowest BCUT2D eigenvalue weighted by Gasteiger charge is -2.09. The van der Waals surface area contributed by atoms with Crippen LogP contribution in [0.4, 0.5) is 8.78 Å². The molecule has 0 aromatic heterocycles. The van der Waals surface area contributed by atoms with Gasteiger partial charge in [-0.25, -0.2) is 8.78 Å². The maximum atomic E-state index is 13.5. The van der Waals surface area contributed by atoms with Crippen LogP contribution in [0.5, 0.6) is 11.5 Å². The number of hydrogen-bond donors (Lipinski definition) is 0. The van der Waals surface area contributed by atoms with Crippen LogP contribution in [0.2, 0.25) is 5.02 Å². The zero-order chi connectivity index (χ0) is 15.1. The van der Waals surface area contributed by atoms with E-state index in [2.05, 4.69) is 0 Å². The van der Waals surface area contributed by atoms with Crippen molar-refractivity contribution >= 4 is 11.6 Å². The summed E-state index contributed by atoms with van der Waals surface area (Å²) in [5.41, 5.74) is 1.15. The predicted molar refractivity (Wildman–Crippen MR) is 78.6 cm³/mol. The first-order valence-electron chi connectivity index (χ1n) is 6.51. The van der Waals surface area contributed by atoms with Crippen molar-refractivity contribution in [3.05, 3.63) is 58.6 Å². The molecule has 2 aromatic rings. The molecule has 2 aromatic carbocycles. The molecule has 0 aliphatic carbocycles. The summed E-state index contributed by atoms with van der Waals surface area (Å²) >= 11 is 5.74. The molecule has 0 radical (unpaired) electrons. The van der Waals surface area contributed by atoms with Crippen LogP contribution in [-0.2, 0) is 6.42 Å². The number of ether oxygens (including phenoxy) is 1. The Morgan fingerprint density at radius 3 is 2.15 bits per heavy atom. The Hall–Kier alpha value is -1.61. The van der Waals surface area contributed by atoms with Crippen molar-refractivity contribution in [2.45, 2.75) is 27.2 Å². The molecule has 0 bridgehead atoms. The highest BCUT2D eigenvalue weighted by Gasteiger charge is 2.12. The van der Waals surface area contributed by atoms with E-state index in [0.717, 1.165) is 24.1 Å². The molecule has 0 saturated heterocycles. The second-order valence-electron chi connectivity index (χ2n) is 3.80. The first kappa shape index (κ1) is 16.4. The van der Waals surface area contributed by atoms with Crippen molar-refractivity contribution in [3.63, 3.8) is 0 Å². The molecule has 0 heterocycles. The molecule has 20 heavy (non-hydrogen) atoms. The van der Waals surface area contributed by atoms with E-state index in [1.165, 1.54) is 0 Å². The summed E-state index contributed by atoms with van der Waals surface area (Å²) in [4.78, 5) is 0. The number of benzene rings is 2. The largest absolute Gasteiger partial charge is 0.453 e. The fourth-order valence-corrected chi connectivity index (χ4v) is 1.77. The van der Waals surface area contributed by atoms with Gasteiger partial charge in [-0.1, -0.05) is 44.5 Å². The maximum Gasteiger partial charge on any atom is 0.181 e. The Balaban J connectivity index is 0.000000956. The quantitative estimate of drug-likeness (QED) is 0.675. The highest BCUT2D eigenvalue weighted by molar-refractivity contribution is 6.32. The van der Waals surface area contributed by atoms with E-state index in [1.54, 1.807) is 12.1 Å². The first-order valence-corrected chi connectivity index (χ1v) is 6.89. The van der Waals surface area contributed by atoms with Gasteiger partial charge in [-0.05, 0) is 30.2 Å². The molecule has 1 nitrogen and oxygen atoms in total. The molecule has 108 valence electrons. The van der Waals surface area contributed by atoms with Gasteiger partial charge in [0.25, 0.3) is 0 Å². The normalized spacial score (nSPS) is 9.70. The lowest BCUT2D eigenvalue weighted by molar-refractivity contribution is 0.438. The Labute approximate surface area is 123 Å². The number of rotatable bonds is 3. The minimum absolute atomic E-state index is 0.0907.